The first-order valence-corrected chi connectivity index (χ1v) is 12.0. The first-order valence-electron chi connectivity index (χ1n) is 10.8. The Morgan fingerprint density at radius 3 is 2.76 bits per heavy atom. The number of aromatic nitrogens is 5. The van der Waals surface area contributed by atoms with Gasteiger partial charge in [-0.15, -0.1) is 11.3 Å². The molecule has 11 nitrogen and oxygen atoms in total. The van der Waals surface area contributed by atoms with Gasteiger partial charge in [0.05, 0.1) is 18.6 Å². The molecule has 0 radical (unpaired) electrons. The predicted octanol–water partition coefficient (Wildman–Crippen LogP) is 1.73. The minimum atomic E-state index is -0.338. The van der Waals surface area contributed by atoms with Crippen LogP contribution in [0.1, 0.15) is 42.3 Å². The van der Waals surface area contributed by atoms with Gasteiger partial charge in [0.25, 0.3) is 0 Å². The third-order valence-electron chi connectivity index (χ3n) is 6.30. The van der Waals surface area contributed by atoms with Crippen molar-refractivity contribution < 1.29 is 9.59 Å². The highest BCUT2D eigenvalue weighted by Gasteiger charge is 2.30. The number of carbonyl (C=O) groups excluding carboxylic acids is 2. The highest BCUT2D eigenvalue weighted by Crippen LogP contribution is 2.36. The summed E-state index contributed by atoms with van der Waals surface area (Å²) in [6.07, 6.45) is 5.61. The van der Waals surface area contributed by atoms with Crippen LogP contribution in [0.3, 0.4) is 0 Å². The molecule has 0 unspecified atom stereocenters. The summed E-state index contributed by atoms with van der Waals surface area (Å²) in [5.74, 6) is -0.152. The molecule has 2 amide bonds. The molecule has 2 aliphatic rings. The van der Waals surface area contributed by atoms with Crippen LogP contribution in [0, 0.1) is 5.92 Å². The molecular formula is C20H24ClN9O2S. The fraction of sp³-hybridized carbons (Fsp3) is 0.500. The van der Waals surface area contributed by atoms with Crippen LogP contribution in [-0.4, -0.2) is 54.3 Å². The summed E-state index contributed by atoms with van der Waals surface area (Å²) in [5, 5.41) is 3.72. The minimum Gasteiger partial charge on any atom is -0.382 e. The van der Waals surface area contributed by atoms with E-state index in [1.165, 1.54) is 11.3 Å². The topological polar surface area (TPSA) is 158 Å². The van der Waals surface area contributed by atoms with Gasteiger partial charge < -0.3 is 21.4 Å². The van der Waals surface area contributed by atoms with Crippen molar-refractivity contribution in [2.75, 3.05) is 24.1 Å². The zero-order chi connectivity index (χ0) is 23.1. The summed E-state index contributed by atoms with van der Waals surface area (Å²) in [6.45, 7) is 1.61. The zero-order valence-electron chi connectivity index (χ0n) is 17.8. The van der Waals surface area contributed by atoms with Crippen LogP contribution in [0.15, 0.2) is 6.33 Å². The molecule has 13 heteroatoms. The lowest BCUT2D eigenvalue weighted by atomic mass is 9.85. The molecule has 3 aromatic heterocycles. The first-order chi connectivity index (χ1) is 15.9. The fourth-order valence-electron chi connectivity index (χ4n) is 4.66. The third-order valence-corrected chi connectivity index (χ3v) is 7.47. The van der Waals surface area contributed by atoms with Crippen molar-refractivity contribution >= 4 is 56.9 Å². The van der Waals surface area contributed by atoms with Crippen LogP contribution < -0.4 is 16.8 Å². The van der Waals surface area contributed by atoms with Gasteiger partial charge in [0, 0.05) is 36.3 Å². The van der Waals surface area contributed by atoms with Gasteiger partial charge in [0.1, 0.15) is 5.52 Å². The van der Waals surface area contributed by atoms with E-state index in [0.29, 0.717) is 22.8 Å². The van der Waals surface area contributed by atoms with E-state index in [4.69, 9.17) is 23.1 Å². The van der Waals surface area contributed by atoms with Crippen molar-refractivity contribution in [3.63, 3.8) is 0 Å². The van der Waals surface area contributed by atoms with Crippen molar-refractivity contribution in [2.24, 2.45) is 11.7 Å². The summed E-state index contributed by atoms with van der Waals surface area (Å²) >= 11 is 7.45. The van der Waals surface area contributed by atoms with E-state index < -0.39 is 0 Å². The molecule has 0 saturated heterocycles. The van der Waals surface area contributed by atoms with E-state index >= 15 is 0 Å². The number of nitrogens with zero attached hydrogens (tertiary/aromatic N) is 6. The molecule has 1 aliphatic carbocycles. The molecule has 4 heterocycles. The second-order valence-corrected chi connectivity index (χ2v) is 9.93. The van der Waals surface area contributed by atoms with Crippen molar-refractivity contribution in [1.29, 1.82) is 0 Å². The average molecular weight is 490 g/mol. The second kappa shape index (κ2) is 8.84. The summed E-state index contributed by atoms with van der Waals surface area (Å²) in [6, 6.07) is 0.174. The van der Waals surface area contributed by atoms with Crippen LogP contribution in [0.25, 0.3) is 11.2 Å². The number of anilines is 2. The number of primary amides is 1. The first kappa shape index (κ1) is 22.0. The number of thiazole rings is 1. The average Bonchev–Trinajstić information content (AvgIpc) is 3.36. The molecule has 0 bridgehead atoms. The highest BCUT2D eigenvalue weighted by atomic mass is 35.5. The Hall–Kier alpha value is -2.83. The van der Waals surface area contributed by atoms with Crippen molar-refractivity contribution in [1.82, 2.24) is 29.4 Å². The number of hydrogen-bond acceptors (Lipinski definition) is 9. The Morgan fingerprint density at radius 2 is 2.00 bits per heavy atom. The van der Waals surface area contributed by atoms with E-state index in [2.05, 4.69) is 25.3 Å². The monoisotopic (exact) mass is 489 g/mol. The second-order valence-electron chi connectivity index (χ2n) is 8.51. The molecule has 174 valence electrons. The van der Waals surface area contributed by atoms with Gasteiger partial charge in [-0.2, -0.15) is 9.97 Å². The number of hydrogen-bond donors (Lipinski definition) is 3. The SMILES string of the molecule is NC(=O)CN1CCc2nc(NC(=O)C3CCC(n4cnc5c(N)nc(Cl)nc54)CC3)sc2C1. The molecule has 3 aromatic rings. The van der Waals surface area contributed by atoms with E-state index in [1.807, 2.05) is 9.47 Å². The van der Waals surface area contributed by atoms with Crippen molar-refractivity contribution in [2.45, 2.75) is 44.7 Å². The number of amides is 2. The number of nitrogens with one attached hydrogen (secondary N) is 1. The predicted molar refractivity (Wildman–Crippen MR) is 125 cm³/mol. The summed E-state index contributed by atoms with van der Waals surface area (Å²) < 4.78 is 1.99. The lowest BCUT2D eigenvalue weighted by Crippen LogP contribution is -2.37. The number of nitrogen functional groups attached to an aromatic ring is 1. The molecule has 1 aliphatic heterocycles. The van der Waals surface area contributed by atoms with Crippen molar-refractivity contribution in [3.8, 4) is 0 Å². The Bertz CT molecular complexity index is 1220. The molecular weight excluding hydrogens is 466 g/mol. The van der Waals surface area contributed by atoms with E-state index in [1.54, 1.807) is 6.33 Å². The Labute approximate surface area is 198 Å². The fourth-order valence-corrected chi connectivity index (χ4v) is 5.88. The highest BCUT2D eigenvalue weighted by molar-refractivity contribution is 7.15. The van der Waals surface area contributed by atoms with Crippen LogP contribution in [0.5, 0.6) is 0 Å². The smallest absolute Gasteiger partial charge is 0.231 e. The number of fused-ring (bicyclic) bond motifs is 2. The number of carbonyl (C=O) groups is 2. The number of nitrogens with two attached hydrogens (primary N) is 2. The Balaban J connectivity index is 1.20. The molecule has 1 saturated carbocycles. The lowest BCUT2D eigenvalue weighted by Gasteiger charge is -2.28. The van der Waals surface area contributed by atoms with Crippen LogP contribution in [-0.2, 0) is 22.6 Å². The zero-order valence-corrected chi connectivity index (χ0v) is 19.4. The lowest BCUT2D eigenvalue weighted by molar-refractivity contribution is -0.121. The minimum absolute atomic E-state index is 0.00126. The normalized spacial score (nSPS) is 21.1. The largest absolute Gasteiger partial charge is 0.382 e. The van der Waals surface area contributed by atoms with Gasteiger partial charge in [-0.1, -0.05) is 0 Å². The molecule has 5 rings (SSSR count). The Morgan fingerprint density at radius 1 is 1.21 bits per heavy atom. The maximum atomic E-state index is 12.9. The summed E-state index contributed by atoms with van der Waals surface area (Å²) in [7, 11) is 0. The molecule has 0 atom stereocenters. The van der Waals surface area contributed by atoms with Crippen LogP contribution in [0.4, 0.5) is 10.9 Å². The number of imidazole rings is 1. The maximum absolute atomic E-state index is 12.9. The van der Waals surface area contributed by atoms with Gasteiger partial charge in [-0.25, -0.2) is 9.97 Å². The van der Waals surface area contributed by atoms with Crippen molar-refractivity contribution in [3.05, 3.63) is 22.2 Å². The molecule has 0 aromatic carbocycles. The van der Waals surface area contributed by atoms with Gasteiger partial charge >= 0.3 is 0 Å². The summed E-state index contributed by atoms with van der Waals surface area (Å²) in [4.78, 5) is 44.3. The molecule has 5 N–H and O–H groups in total. The van der Waals surface area contributed by atoms with E-state index in [9.17, 15) is 9.59 Å². The van der Waals surface area contributed by atoms with Gasteiger partial charge in [0.2, 0.25) is 17.1 Å². The van der Waals surface area contributed by atoms with E-state index in [-0.39, 0.29) is 41.4 Å². The van der Waals surface area contributed by atoms with Crippen LogP contribution >= 0.6 is 22.9 Å². The third kappa shape index (κ3) is 4.50. The van der Waals surface area contributed by atoms with Crippen LogP contribution in [0.2, 0.25) is 5.28 Å². The molecule has 1 fully saturated rings. The van der Waals surface area contributed by atoms with Gasteiger partial charge in [-0.05, 0) is 37.3 Å². The summed E-state index contributed by atoms with van der Waals surface area (Å²) in [5.41, 5.74) is 13.4. The maximum Gasteiger partial charge on any atom is 0.231 e. The molecule has 33 heavy (non-hydrogen) atoms. The van der Waals surface area contributed by atoms with E-state index in [0.717, 1.165) is 49.2 Å². The number of halogens is 1. The molecule has 0 spiro atoms. The standard InChI is InChI=1S/C20H24ClN9O2S/c21-19-26-16(23)15-17(27-19)30(9-24-15)11-3-1-10(2-4-11)18(32)28-20-25-12-5-6-29(8-14(22)31)7-13(12)33-20/h9-11H,1-8H2,(H2,22,31)(H2,23,26,27)(H,25,28,32). The Kier molecular flexibility index (Phi) is 5.89. The van der Waals surface area contributed by atoms with Gasteiger partial charge in [-0.3, -0.25) is 14.5 Å². The number of rotatable bonds is 5. The van der Waals surface area contributed by atoms with Gasteiger partial charge in [0.15, 0.2) is 16.6 Å². The quantitative estimate of drug-likeness (QED) is 0.457.